The van der Waals surface area contributed by atoms with Crippen molar-refractivity contribution in [1.29, 1.82) is 0 Å². The largest absolute Gasteiger partial charge is 0.327 e. The van der Waals surface area contributed by atoms with Crippen LogP contribution in [-0.2, 0) is 6.42 Å². The molecule has 1 aliphatic carbocycles. The summed E-state index contributed by atoms with van der Waals surface area (Å²) in [7, 11) is 2.22. The highest BCUT2D eigenvalue weighted by molar-refractivity contribution is 5.14. The van der Waals surface area contributed by atoms with Crippen molar-refractivity contribution in [3.8, 4) is 0 Å². The summed E-state index contributed by atoms with van der Waals surface area (Å²) in [6.45, 7) is 2.29. The van der Waals surface area contributed by atoms with Gasteiger partial charge >= 0.3 is 0 Å². The van der Waals surface area contributed by atoms with E-state index in [0.29, 0.717) is 6.04 Å². The predicted octanol–water partition coefficient (Wildman–Crippen LogP) is 2.29. The van der Waals surface area contributed by atoms with E-state index in [1.807, 2.05) is 0 Å². The van der Waals surface area contributed by atoms with Gasteiger partial charge in [0.05, 0.1) is 0 Å². The van der Waals surface area contributed by atoms with Crippen LogP contribution in [0.4, 0.5) is 0 Å². The smallest absolute Gasteiger partial charge is 0.00793 e. The molecule has 0 amide bonds. The zero-order valence-corrected chi connectivity index (χ0v) is 10.8. The first kappa shape index (κ1) is 12.6. The summed E-state index contributed by atoms with van der Waals surface area (Å²) >= 11 is 0. The first-order valence-electron chi connectivity index (χ1n) is 6.74. The van der Waals surface area contributed by atoms with Gasteiger partial charge in [-0.15, -0.1) is 0 Å². The Balaban J connectivity index is 1.72. The molecular formula is C15H24N2. The van der Waals surface area contributed by atoms with E-state index in [9.17, 15) is 0 Å². The topological polar surface area (TPSA) is 29.3 Å². The van der Waals surface area contributed by atoms with Crippen molar-refractivity contribution in [2.45, 2.75) is 31.7 Å². The van der Waals surface area contributed by atoms with Gasteiger partial charge in [-0.25, -0.2) is 0 Å². The lowest BCUT2D eigenvalue weighted by Gasteiger charge is -2.23. The third-order valence-corrected chi connectivity index (χ3v) is 3.89. The Morgan fingerprint density at radius 2 is 2.00 bits per heavy atom. The van der Waals surface area contributed by atoms with Gasteiger partial charge < -0.3 is 10.6 Å². The van der Waals surface area contributed by atoms with Gasteiger partial charge in [-0.2, -0.15) is 0 Å². The molecule has 2 nitrogen and oxygen atoms in total. The van der Waals surface area contributed by atoms with E-state index in [2.05, 4.69) is 42.3 Å². The monoisotopic (exact) mass is 232 g/mol. The van der Waals surface area contributed by atoms with Crippen LogP contribution in [0.1, 0.15) is 24.8 Å². The third-order valence-electron chi connectivity index (χ3n) is 3.89. The molecule has 0 bridgehead atoms. The fourth-order valence-corrected chi connectivity index (χ4v) is 2.75. The number of nitrogens with zero attached hydrogens (tertiary/aromatic N) is 1. The van der Waals surface area contributed by atoms with E-state index in [1.165, 1.54) is 24.8 Å². The van der Waals surface area contributed by atoms with Crippen molar-refractivity contribution in [2.75, 3.05) is 20.1 Å². The molecule has 1 aliphatic rings. The molecule has 0 saturated heterocycles. The SMILES string of the molecule is CN(CCc1ccccc1)CC1CCCC1N. The highest BCUT2D eigenvalue weighted by Crippen LogP contribution is 2.24. The summed E-state index contributed by atoms with van der Waals surface area (Å²) in [5.74, 6) is 0.718. The molecule has 2 heteroatoms. The van der Waals surface area contributed by atoms with Crippen LogP contribution >= 0.6 is 0 Å². The molecule has 0 spiro atoms. The molecule has 0 heterocycles. The average molecular weight is 232 g/mol. The van der Waals surface area contributed by atoms with Gasteiger partial charge in [0.2, 0.25) is 0 Å². The quantitative estimate of drug-likeness (QED) is 0.844. The fourth-order valence-electron chi connectivity index (χ4n) is 2.75. The van der Waals surface area contributed by atoms with Crippen molar-refractivity contribution >= 4 is 0 Å². The lowest BCUT2D eigenvalue weighted by molar-refractivity contribution is 0.268. The first-order chi connectivity index (χ1) is 8.25. The summed E-state index contributed by atoms with van der Waals surface area (Å²) in [4.78, 5) is 2.43. The lowest BCUT2D eigenvalue weighted by Crippen LogP contribution is -2.35. The van der Waals surface area contributed by atoms with Crippen LogP contribution in [0.2, 0.25) is 0 Å². The predicted molar refractivity (Wildman–Crippen MR) is 73.0 cm³/mol. The van der Waals surface area contributed by atoms with E-state index in [-0.39, 0.29) is 0 Å². The molecule has 1 aromatic rings. The van der Waals surface area contributed by atoms with Gasteiger partial charge in [0, 0.05) is 19.1 Å². The summed E-state index contributed by atoms with van der Waals surface area (Å²) in [6.07, 6.45) is 4.99. The van der Waals surface area contributed by atoms with E-state index >= 15 is 0 Å². The minimum absolute atomic E-state index is 0.439. The molecule has 17 heavy (non-hydrogen) atoms. The first-order valence-corrected chi connectivity index (χ1v) is 6.74. The summed E-state index contributed by atoms with van der Waals surface area (Å²) in [5.41, 5.74) is 7.53. The van der Waals surface area contributed by atoms with Crippen LogP contribution < -0.4 is 5.73 Å². The number of nitrogens with two attached hydrogens (primary N) is 1. The van der Waals surface area contributed by atoms with Gasteiger partial charge in [-0.1, -0.05) is 36.8 Å². The number of benzene rings is 1. The van der Waals surface area contributed by atoms with Crippen LogP contribution in [0.5, 0.6) is 0 Å². The molecule has 94 valence electrons. The Bertz CT molecular complexity index is 323. The lowest BCUT2D eigenvalue weighted by atomic mass is 10.0. The van der Waals surface area contributed by atoms with Crippen molar-refractivity contribution in [2.24, 2.45) is 11.7 Å². The van der Waals surface area contributed by atoms with Crippen LogP contribution in [0, 0.1) is 5.92 Å². The fraction of sp³-hybridized carbons (Fsp3) is 0.600. The Labute approximate surface area is 105 Å². The van der Waals surface area contributed by atoms with Gasteiger partial charge in [0.15, 0.2) is 0 Å². The minimum Gasteiger partial charge on any atom is -0.327 e. The maximum Gasteiger partial charge on any atom is 0.00793 e. The van der Waals surface area contributed by atoms with Crippen molar-refractivity contribution in [3.05, 3.63) is 35.9 Å². The molecule has 2 unspecified atom stereocenters. The van der Waals surface area contributed by atoms with E-state index in [0.717, 1.165) is 25.4 Å². The molecule has 0 aliphatic heterocycles. The van der Waals surface area contributed by atoms with E-state index in [1.54, 1.807) is 0 Å². The second kappa shape index (κ2) is 6.18. The van der Waals surface area contributed by atoms with Crippen molar-refractivity contribution in [3.63, 3.8) is 0 Å². The second-order valence-electron chi connectivity index (χ2n) is 5.35. The Kier molecular flexibility index (Phi) is 4.57. The molecular weight excluding hydrogens is 208 g/mol. The summed E-state index contributed by atoms with van der Waals surface area (Å²) in [5, 5.41) is 0. The van der Waals surface area contributed by atoms with E-state index in [4.69, 9.17) is 5.73 Å². The zero-order chi connectivity index (χ0) is 12.1. The van der Waals surface area contributed by atoms with Crippen LogP contribution in [0.3, 0.4) is 0 Å². The normalized spacial score (nSPS) is 24.4. The maximum atomic E-state index is 6.11. The molecule has 2 rings (SSSR count). The number of hydrogen-bond acceptors (Lipinski definition) is 2. The Morgan fingerprint density at radius 3 is 2.65 bits per heavy atom. The molecule has 2 N–H and O–H groups in total. The van der Waals surface area contributed by atoms with Gasteiger partial charge in [0.25, 0.3) is 0 Å². The molecule has 1 saturated carbocycles. The summed E-state index contributed by atoms with van der Waals surface area (Å²) in [6, 6.07) is 11.1. The standard InChI is InChI=1S/C15H24N2/c1-17(12-14-8-5-9-15(14)16)11-10-13-6-3-2-4-7-13/h2-4,6-7,14-15H,5,8-12,16H2,1H3. The van der Waals surface area contributed by atoms with Crippen molar-refractivity contribution < 1.29 is 0 Å². The second-order valence-corrected chi connectivity index (χ2v) is 5.35. The average Bonchev–Trinajstić information content (AvgIpc) is 2.74. The highest BCUT2D eigenvalue weighted by Gasteiger charge is 2.24. The van der Waals surface area contributed by atoms with Crippen LogP contribution in [0.25, 0.3) is 0 Å². The van der Waals surface area contributed by atoms with E-state index < -0.39 is 0 Å². The molecule has 0 radical (unpaired) electrons. The minimum atomic E-state index is 0.439. The molecule has 2 atom stereocenters. The number of rotatable bonds is 5. The summed E-state index contributed by atoms with van der Waals surface area (Å²) < 4.78 is 0. The molecule has 1 aromatic carbocycles. The Hall–Kier alpha value is -0.860. The Morgan fingerprint density at radius 1 is 1.24 bits per heavy atom. The third kappa shape index (κ3) is 3.83. The molecule has 0 aromatic heterocycles. The maximum absolute atomic E-state index is 6.11. The number of likely N-dealkylation sites (N-methyl/N-ethyl adjacent to an activating group) is 1. The van der Waals surface area contributed by atoms with Crippen LogP contribution in [-0.4, -0.2) is 31.1 Å². The van der Waals surface area contributed by atoms with Crippen LogP contribution in [0.15, 0.2) is 30.3 Å². The molecule has 1 fully saturated rings. The number of hydrogen-bond donors (Lipinski definition) is 1. The van der Waals surface area contributed by atoms with Gasteiger partial charge in [-0.3, -0.25) is 0 Å². The van der Waals surface area contributed by atoms with Gasteiger partial charge in [-0.05, 0) is 37.8 Å². The van der Waals surface area contributed by atoms with Gasteiger partial charge in [0.1, 0.15) is 0 Å². The highest BCUT2D eigenvalue weighted by atomic mass is 15.1. The van der Waals surface area contributed by atoms with Crippen molar-refractivity contribution in [1.82, 2.24) is 4.90 Å². The zero-order valence-electron chi connectivity index (χ0n) is 10.8.